The van der Waals surface area contributed by atoms with E-state index in [4.69, 9.17) is 5.84 Å². The fourth-order valence-corrected chi connectivity index (χ4v) is 1.97. The van der Waals surface area contributed by atoms with Crippen molar-refractivity contribution >= 4 is 16.5 Å². The van der Waals surface area contributed by atoms with E-state index in [9.17, 15) is 4.79 Å². The molecule has 0 aliphatic rings. The number of aryl methyl sites for hydroxylation is 1. The van der Waals surface area contributed by atoms with Crippen molar-refractivity contribution in [2.75, 3.05) is 5.43 Å². The summed E-state index contributed by atoms with van der Waals surface area (Å²) in [6.45, 7) is 0.527. The van der Waals surface area contributed by atoms with Crippen LogP contribution < -0.4 is 17.0 Å². The van der Waals surface area contributed by atoms with Gasteiger partial charge in [0.25, 0.3) is 0 Å². The third-order valence-corrected chi connectivity index (χ3v) is 2.93. The minimum absolute atomic E-state index is 0.0364. The molecule has 0 aromatic carbocycles. The largest absolute Gasteiger partial charge is 0.328 e. The maximum Gasteiger partial charge on any atom is 0.328 e. The summed E-state index contributed by atoms with van der Waals surface area (Å²) in [7, 11) is 1.72. The molecular formula is C8H11N5OS. The molecule has 0 bridgehead atoms. The Morgan fingerprint density at radius 2 is 2.40 bits per heavy atom. The van der Waals surface area contributed by atoms with Crippen LogP contribution in [0.15, 0.2) is 23.4 Å². The van der Waals surface area contributed by atoms with Gasteiger partial charge in [0.1, 0.15) is 0 Å². The zero-order chi connectivity index (χ0) is 10.8. The van der Waals surface area contributed by atoms with Crippen molar-refractivity contribution in [3.05, 3.63) is 34.0 Å². The Hall–Kier alpha value is -1.60. The van der Waals surface area contributed by atoms with Crippen molar-refractivity contribution in [1.82, 2.24) is 14.1 Å². The third-order valence-electron chi connectivity index (χ3n) is 2.02. The number of nitrogens with two attached hydrogens (primary N) is 1. The maximum atomic E-state index is 11.5. The highest BCUT2D eigenvalue weighted by Gasteiger charge is 2.04. The molecule has 0 unspecified atom stereocenters. The van der Waals surface area contributed by atoms with Crippen LogP contribution in [-0.2, 0) is 13.6 Å². The lowest BCUT2D eigenvalue weighted by molar-refractivity contribution is 0.723. The predicted octanol–water partition coefficient (Wildman–Crippen LogP) is -0.0228. The zero-order valence-electron chi connectivity index (χ0n) is 8.17. The maximum absolute atomic E-state index is 11.5. The summed E-state index contributed by atoms with van der Waals surface area (Å²) in [6, 6.07) is 0. The Balaban J connectivity index is 2.22. The van der Waals surface area contributed by atoms with Gasteiger partial charge in [-0.25, -0.2) is 15.6 Å². The molecular weight excluding hydrogens is 214 g/mol. The van der Waals surface area contributed by atoms with E-state index in [1.165, 1.54) is 15.9 Å². The second kappa shape index (κ2) is 3.87. The first-order chi connectivity index (χ1) is 7.20. The molecule has 2 rings (SSSR count). The summed E-state index contributed by atoms with van der Waals surface area (Å²) < 4.78 is 3.15. The van der Waals surface area contributed by atoms with Gasteiger partial charge < -0.3 is 4.57 Å². The van der Waals surface area contributed by atoms with Crippen LogP contribution in [0, 0.1) is 0 Å². The van der Waals surface area contributed by atoms with Gasteiger partial charge in [0.2, 0.25) is 0 Å². The fourth-order valence-electron chi connectivity index (χ4n) is 1.25. The van der Waals surface area contributed by atoms with Gasteiger partial charge in [0, 0.05) is 30.5 Å². The van der Waals surface area contributed by atoms with E-state index >= 15 is 0 Å². The normalized spacial score (nSPS) is 10.5. The number of nitrogens with one attached hydrogen (secondary N) is 1. The van der Waals surface area contributed by atoms with Crippen LogP contribution in [0.5, 0.6) is 0 Å². The molecule has 0 atom stereocenters. The number of nitrogens with zero attached hydrogens (tertiary/aromatic N) is 3. The van der Waals surface area contributed by atoms with E-state index in [1.807, 2.05) is 0 Å². The Kier molecular flexibility index (Phi) is 2.57. The molecule has 2 aromatic rings. The monoisotopic (exact) mass is 225 g/mol. The molecule has 2 heterocycles. The molecule has 0 fully saturated rings. The molecule has 0 saturated heterocycles. The van der Waals surface area contributed by atoms with Crippen molar-refractivity contribution in [2.45, 2.75) is 6.54 Å². The number of anilines is 1. The number of imidazole rings is 1. The molecule has 2 aromatic heterocycles. The SMILES string of the molecule is Cn1ccn(Cc2cnc(NN)s2)c1=O. The summed E-state index contributed by atoms with van der Waals surface area (Å²) in [5, 5.41) is 0.647. The number of aromatic nitrogens is 3. The summed E-state index contributed by atoms with van der Waals surface area (Å²) in [5.41, 5.74) is 2.43. The predicted molar refractivity (Wildman–Crippen MR) is 58.7 cm³/mol. The van der Waals surface area contributed by atoms with E-state index in [-0.39, 0.29) is 5.69 Å². The van der Waals surface area contributed by atoms with Crippen molar-refractivity contribution in [3.8, 4) is 0 Å². The van der Waals surface area contributed by atoms with Crippen molar-refractivity contribution in [1.29, 1.82) is 0 Å². The van der Waals surface area contributed by atoms with Crippen LogP contribution in [0.2, 0.25) is 0 Å². The van der Waals surface area contributed by atoms with Gasteiger partial charge in [-0.2, -0.15) is 0 Å². The van der Waals surface area contributed by atoms with Gasteiger partial charge in [-0.05, 0) is 0 Å². The second-order valence-corrected chi connectivity index (χ2v) is 4.21. The minimum atomic E-state index is -0.0364. The summed E-state index contributed by atoms with van der Waals surface area (Å²) in [4.78, 5) is 16.5. The van der Waals surface area contributed by atoms with E-state index < -0.39 is 0 Å². The number of rotatable bonds is 3. The zero-order valence-corrected chi connectivity index (χ0v) is 8.99. The Bertz CT molecular complexity index is 511. The molecule has 0 amide bonds. The molecule has 0 aliphatic carbocycles. The first-order valence-corrected chi connectivity index (χ1v) is 5.15. The smallest absolute Gasteiger partial charge is 0.302 e. The molecule has 7 heteroatoms. The molecule has 3 N–H and O–H groups in total. The Morgan fingerprint density at radius 3 is 2.93 bits per heavy atom. The van der Waals surface area contributed by atoms with Gasteiger partial charge in [-0.3, -0.25) is 9.99 Å². The molecule has 0 aliphatic heterocycles. The van der Waals surface area contributed by atoms with Crippen LogP contribution >= 0.6 is 11.3 Å². The summed E-state index contributed by atoms with van der Waals surface area (Å²) in [5.74, 6) is 5.22. The van der Waals surface area contributed by atoms with Crippen LogP contribution in [0.3, 0.4) is 0 Å². The topological polar surface area (TPSA) is 77.9 Å². The second-order valence-electron chi connectivity index (χ2n) is 3.10. The average Bonchev–Trinajstić information content (AvgIpc) is 2.80. The summed E-state index contributed by atoms with van der Waals surface area (Å²) in [6.07, 6.45) is 5.18. The van der Waals surface area contributed by atoms with Crippen molar-refractivity contribution < 1.29 is 0 Å². The first-order valence-electron chi connectivity index (χ1n) is 4.34. The van der Waals surface area contributed by atoms with E-state index in [0.29, 0.717) is 11.7 Å². The van der Waals surface area contributed by atoms with Crippen LogP contribution in [-0.4, -0.2) is 14.1 Å². The van der Waals surface area contributed by atoms with Crippen molar-refractivity contribution in [2.24, 2.45) is 12.9 Å². The quantitative estimate of drug-likeness (QED) is 0.568. The first kappa shape index (κ1) is 9.94. The van der Waals surface area contributed by atoms with Gasteiger partial charge in [0.05, 0.1) is 6.54 Å². The van der Waals surface area contributed by atoms with Gasteiger partial charge in [-0.15, -0.1) is 0 Å². The highest BCUT2D eigenvalue weighted by atomic mass is 32.1. The van der Waals surface area contributed by atoms with Gasteiger partial charge in [-0.1, -0.05) is 11.3 Å². The molecule has 0 spiro atoms. The third kappa shape index (κ3) is 1.92. The van der Waals surface area contributed by atoms with E-state index in [2.05, 4.69) is 10.4 Å². The number of hydrazine groups is 1. The average molecular weight is 225 g/mol. The molecule has 6 nitrogen and oxygen atoms in total. The highest BCUT2D eigenvalue weighted by Crippen LogP contribution is 2.17. The Labute approximate surface area is 89.9 Å². The van der Waals surface area contributed by atoms with E-state index in [1.54, 1.807) is 30.2 Å². The lowest BCUT2D eigenvalue weighted by atomic mass is 10.5. The number of nitrogen functional groups attached to an aromatic ring is 1. The van der Waals surface area contributed by atoms with Crippen LogP contribution in [0.1, 0.15) is 4.88 Å². The lowest BCUT2D eigenvalue weighted by Gasteiger charge is -1.96. The number of thiazole rings is 1. The molecule has 0 saturated carbocycles. The van der Waals surface area contributed by atoms with Gasteiger partial charge >= 0.3 is 5.69 Å². The molecule has 0 radical (unpaired) electrons. The standard InChI is InChI=1S/C8H11N5OS/c1-12-2-3-13(8(12)14)5-6-4-10-7(11-9)15-6/h2-4H,5,9H2,1H3,(H,10,11). The highest BCUT2D eigenvalue weighted by molar-refractivity contribution is 7.15. The fraction of sp³-hybridized carbons (Fsp3) is 0.250. The van der Waals surface area contributed by atoms with Crippen LogP contribution in [0.25, 0.3) is 0 Å². The molecule has 80 valence electrons. The number of hydrogen-bond acceptors (Lipinski definition) is 5. The minimum Gasteiger partial charge on any atom is -0.302 e. The lowest BCUT2D eigenvalue weighted by Crippen LogP contribution is -2.21. The number of hydrogen-bond donors (Lipinski definition) is 2. The Morgan fingerprint density at radius 1 is 1.60 bits per heavy atom. The summed E-state index contributed by atoms with van der Waals surface area (Å²) >= 11 is 1.43. The van der Waals surface area contributed by atoms with E-state index in [0.717, 1.165) is 4.88 Å². The van der Waals surface area contributed by atoms with Crippen molar-refractivity contribution in [3.63, 3.8) is 0 Å². The van der Waals surface area contributed by atoms with Gasteiger partial charge in [0.15, 0.2) is 5.13 Å². The van der Waals surface area contributed by atoms with Crippen LogP contribution in [0.4, 0.5) is 5.13 Å². The molecule has 15 heavy (non-hydrogen) atoms.